The van der Waals surface area contributed by atoms with Crippen molar-refractivity contribution in [3.63, 3.8) is 0 Å². The van der Waals surface area contributed by atoms with Crippen molar-refractivity contribution in [2.24, 2.45) is 35.5 Å². The van der Waals surface area contributed by atoms with Crippen LogP contribution in [0.25, 0.3) is 0 Å². The second-order valence-corrected chi connectivity index (χ2v) is 21.8. The normalized spacial score (nSPS) is 18.4. The van der Waals surface area contributed by atoms with Gasteiger partial charge in [0.2, 0.25) is 11.8 Å². The van der Waals surface area contributed by atoms with Crippen LogP contribution in [0.4, 0.5) is 10.5 Å². The quantitative estimate of drug-likeness (QED) is 0.0482. The fraction of sp³-hybridized carbons (Fsp3) is 0.680. The summed E-state index contributed by atoms with van der Waals surface area (Å²) in [6, 6.07) is 10.4. The number of methoxy groups -OCH3 is 2. The summed E-state index contributed by atoms with van der Waals surface area (Å²) in [4.78, 5) is 89.6. The van der Waals surface area contributed by atoms with Gasteiger partial charge in [-0.3, -0.25) is 29.3 Å². The van der Waals surface area contributed by atoms with Gasteiger partial charge in [-0.2, -0.15) is 0 Å². The second kappa shape index (κ2) is 27.9. The van der Waals surface area contributed by atoms with E-state index in [-0.39, 0.29) is 89.9 Å². The first kappa shape index (κ1) is 58.2. The number of likely N-dealkylation sites (N-methyl/N-ethyl adjacent to an activating group) is 2. The Bertz CT molecular complexity index is 1940. The maximum absolute atomic E-state index is 14.7. The smallest absolute Gasteiger partial charge is 0.410 e. The van der Waals surface area contributed by atoms with Crippen molar-refractivity contribution in [2.45, 2.75) is 148 Å². The fourth-order valence-electron chi connectivity index (χ4n) is 9.27. The highest BCUT2D eigenvalue weighted by atomic mass is 33.1. The van der Waals surface area contributed by atoms with Gasteiger partial charge >= 0.3 is 6.09 Å². The molecule has 2 heterocycles. The molecule has 0 bridgehead atoms. The average Bonchev–Trinajstić information content (AvgIpc) is 3.80. The number of Topliss-reactive ketones (excluding diaryl/α,β-unsaturated/α-hetero) is 2. The molecule has 2 aromatic rings. The number of aliphatic hydroxyl groups is 1. The van der Waals surface area contributed by atoms with Crippen LogP contribution < -0.4 is 0 Å². The minimum Gasteiger partial charge on any atom is -0.448 e. The van der Waals surface area contributed by atoms with Crippen LogP contribution in [-0.2, 0) is 33.4 Å². The highest BCUT2D eigenvalue weighted by Gasteiger charge is 2.44. The van der Waals surface area contributed by atoms with E-state index >= 15 is 0 Å². The molecule has 3 rings (SSSR count). The number of nitro groups is 1. The summed E-state index contributed by atoms with van der Waals surface area (Å²) in [5.41, 5.74) is 0.642. The van der Waals surface area contributed by atoms with E-state index in [2.05, 4.69) is 4.98 Å². The molecule has 1 aliphatic rings. The summed E-state index contributed by atoms with van der Waals surface area (Å²) in [5.74, 6) is -2.98. The van der Waals surface area contributed by atoms with Crippen molar-refractivity contribution in [2.75, 3.05) is 41.5 Å². The molecule has 1 aromatic carbocycles. The third-order valence-electron chi connectivity index (χ3n) is 13.4. The van der Waals surface area contributed by atoms with Crippen molar-refractivity contribution in [3.05, 3.63) is 64.3 Å². The van der Waals surface area contributed by atoms with E-state index in [4.69, 9.17) is 14.2 Å². The van der Waals surface area contributed by atoms with Crippen molar-refractivity contribution < 1.29 is 48.2 Å². The number of ether oxygens (including phenoxy) is 3. The number of aromatic nitrogens is 1. The van der Waals surface area contributed by atoms with Crippen molar-refractivity contribution in [1.82, 2.24) is 19.7 Å². The number of nitrogens with zero attached hydrogens (tertiary/aromatic N) is 5. The molecule has 0 saturated carbocycles. The lowest BCUT2D eigenvalue weighted by Gasteiger charge is -2.41. The largest absolute Gasteiger partial charge is 0.448 e. The molecule has 0 spiro atoms. The third-order valence-corrected chi connectivity index (χ3v) is 16.2. The molecule has 0 radical (unpaired) electrons. The fourth-order valence-corrected chi connectivity index (χ4v) is 11.1. The predicted octanol–water partition coefficient (Wildman–Crippen LogP) is 8.69. The maximum atomic E-state index is 14.7. The molecule has 18 heteroatoms. The molecule has 0 unspecified atom stereocenters. The van der Waals surface area contributed by atoms with Gasteiger partial charge in [0.1, 0.15) is 23.6 Å². The second-order valence-electron chi connectivity index (χ2n) is 19.1. The number of pyridine rings is 1. The Morgan fingerprint density at radius 2 is 1.54 bits per heavy atom. The van der Waals surface area contributed by atoms with Gasteiger partial charge < -0.3 is 34.0 Å². The Labute approximate surface area is 411 Å². The Hall–Kier alpha value is -4.10. The third kappa shape index (κ3) is 16.0. The van der Waals surface area contributed by atoms with Crippen molar-refractivity contribution >= 4 is 56.7 Å². The van der Waals surface area contributed by atoms with Crippen LogP contribution in [0.2, 0.25) is 0 Å². The summed E-state index contributed by atoms with van der Waals surface area (Å²) in [5, 5.41) is 22.3. The van der Waals surface area contributed by atoms with Crippen molar-refractivity contribution in [3.8, 4) is 0 Å². The first-order valence-electron chi connectivity index (χ1n) is 23.8. The van der Waals surface area contributed by atoms with Gasteiger partial charge in [0.05, 0.1) is 47.8 Å². The summed E-state index contributed by atoms with van der Waals surface area (Å²) >= 11 is 0. The molecule has 1 N–H and O–H groups in total. The standard InChI is InChI=1S/C50H77N5O11S2/c1-14-32(6)46(42(64-12)27-44(58)54-24-18-21-39(54)48(65-13)35(9)40(56)25-33(7)47(59)36-19-16-15-17-20-36)52(10)49(60)38(30(2)3)26-41(57)45(31(4)5)53(11)50(61)66-29-34(8)67-68-43-23-22-37(28-51-43)55(62)63/h15-17,19-20,22-23,28,30-35,38-39,42,45-48,59H,14,18,21,24-27,29H2,1-13H3/t32-,33-,34+,35-,38-,39-,42+,45-,46-,47+,48+/m0/s1. The number of rotatable bonds is 28. The Morgan fingerprint density at radius 1 is 0.882 bits per heavy atom. The van der Waals surface area contributed by atoms with Gasteiger partial charge in [-0.25, -0.2) is 9.78 Å². The van der Waals surface area contributed by atoms with Crippen LogP contribution in [0.15, 0.2) is 53.7 Å². The topological polar surface area (TPSA) is 199 Å². The molecule has 3 amide bonds. The van der Waals surface area contributed by atoms with E-state index < -0.39 is 53.2 Å². The van der Waals surface area contributed by atoms with E-state index in [0.29, 0.717) is 24.4 Å². The molecule has 16 nitrogen and oxygen atoms in total. The molecule has 380 valence electrons. The van der Waals surface area contributed by atoms with Gasteiger partial charge in [-0.05, 0) is 65.9 Å². The number of benzene rings is 1. The van der Waals surface area contributed by atoms with Crippen LogP contribution in [0.1, 0.15) is 113 Å². The van der Waals surface area contributed by atoms with E-state index in [9.17, 15) is 39.2 Å². The number of carbonyl (C=O) groups excluding carboxylic acids is 5. The van der Waals surface area contributed by atoms with Crippen LogP contribution >= 0.6 is 21.6 Å². The van der Waals surface area contributed by atoms with Crippen LogP contribution in [0.3, 0.4) is 0 Å². The van der Waals surface area contributed by atoms with Gasteiger partial charge in [0, 0.05) is 70.9 Å². The van der Waals surface area contributed by atoms with E-state index in [0.717, 1.165) is 12.0 Å². The first-order chi connectivity index (χ1) is 32.1. The number of carbonyl (C=O) groups is 5. The number of ketones is 2. The molecule has 68 heavy (non-hydrogen) atoms. The van der Waals surface area contributed by atoms with Gasteiger partial charge in [0.25, 0.3) is 5.69 Å². The molecular weight excluding hydrogens is 911 g/mol. The monoisotopic (exact) mass is 988 g/mol. The van der Waals surface area contributed by atoms with Gasteiger partial charge in [-0.1, -0.05) is 103 Å². The SMILES string of the molecule is CC[C@H](C)[C@@H]([C@@H](CC(=O)N1CCC[C@H]1[C@H](OC)[C@@H](C)C(=O)C[C@H](C)[C@@H](O)c1ccccc1)OC)N(C)C(=O)[C@@H](CC(=O)[C@H](C(C)C)N(C)C(=O)OC[C@@H](C)SSc1ccc([N+](=O)[O-])cn1)C(C)C. The Balaban J connectivity index is 1.70. The summed E-state index contributed by atoms with van der Waals surface area (Å²) in [7, 11) is 9.01. The lowest BCUT2D eigenvalue weighted by Crippen LogP contribution is -2.54. The zero-order valence-electron chi connectivity index (χ0n) is 42.4. The molecule has 1 aromatic heterocycles. The van der Waals surface area contributed by atoms with Gasteiger partial charge in [-0.15, -0.1) is 0 Å². The van der Waals surface area contributed by atoms with E-state index in [1.807, 2.05) is 92.6 Å². The lowest BCUT2D eigenvalue weighted by molar-refractivity contribution is -0.385. The zero-order valence-corrected chi connectivity index (χ0v) is 44.0. The van der Waals surface area contributed by atoms with Crippen molar-refractivity contribution in [1.29, 1.82) is 0 Å². The zero-order chi connectivity index (χ0) is 51.0. The number of aliphatic hydroxyl groups excluding tert-OH is 1. The summed E-state index contributed by atoms with van der Waals surface area (Å²) < 4.78 is 17.7. The number of hydrogen-bond acceptors (Lipinski definition) is 14. The molecule has 1 fully saturated rings. The van der Waals surface area contributed by atoms with Gasteiger partial charge in [0.15, 0.2) is 5.78 Å². The van der Waals surface area contributed by atoms with E-state index in [1.54, 1.807) is 30.0 Å². The van der Waals surface area contributed by atoms with Crippen LogP contribution in [0.5, 0.6) is 0 Å². The Morgan fingerprint density at radius 3 is 2.09 bits per heavy atom. The maximum Gasteiger partial charge on any atom is 0.410 e. The molecular formula is C50H77N5O11S2. The number of hydrogen-bond donors (Lipinski definition) is 1. The Kier molecular flexibility index (Phi) is 23.9. The number of likely N-dealkylation sites (tertiary alicyclic amines) is 1. The molecule has 1 aliphatic heterocycles. The molecule has 11 atom stereocenters. The number of amides is 3. The lowest BCUT2D eigenvalue weighted by atomic mass is 9.83. The highest BCUT2D eigenvalue weighted by molar-refractivity contribution is 8.76. The van der Waals surface area contributed by atoms with Crippen LogP contribution in [0, 0.1) is 45.6 Å². The minimum absolute atomic E-state index is 0.0178. The summed E-state index contributed by atoms with van der Waals surface area (Å²) in [6.07, 6.45) is 0.547. The average molecular weight is 988 g/mol. The predicted molar refractivity (Wildman–Crippen MR) is 266 cm³/mol. The minimum atomic E-state index is -0.871. The molecule has 1 saturated heterocycles. The van der Waals surface area contributed by atoms with Crippen LogP contribution in [-0.4, -0.2) is 136 Å². The van der Waals surface area contributed by atoms with E-state index in [1.165, 1.54) is 52.9 Å². The first-order valence-corrected chi connectivity index (χ1v) is 26.0. The summed E-state index contributed by atoms with van der Waals surface area (Å²) in [6.45, 7) is 17.6. The highest BCUT2D eigenvalue weighted by Crippen LogP contribution is 2.35. The molecule has 0 aliphatic carbocycles.